The second-order valence-electron chi connectivity index (χ2n) is 6.75. The number of nitrogens with zero attached hydrogens (tertiary/aromatic N) is 3. The molecule has 0 spiro atoms. The van der Waals surface area contributed by atoms with Crippen molar-refractivity contribution >= 4 is 11.9 Å². The number of aromatic nitrogens is 2. The number of fused-ring (bicyclic) bond motifs is 1. The number of aromatic carboxylic acids is 1. The van der Waals surface area contributed by atoms with E-state index in [2.05, 4.69) is 9.97 Å². The second-order valence-corrected chi connectivity index (χ2v) is 6.75. The Morgan fingerprint density at radius 1 is 1.27 bits per heavy atom. The molecule has 2 aliphatic rings. The minimum absolute atomic E-state index is 0.115. The van der Waals surface area contributed by atoms with Crippen molar-refractivity contribution in [3.05, 3.63) is 41.1 Å². The summed E-state index contributed by atoms with van der Waals surface area (Å²) < 4.78 is 28.6. The molecule has 6 nitrogen and oxygen atoms in total. The van der Waals surface area contributed by atoms with Crippen LogP contribution in [0.4, 0.5) is 14.7 Å². The highest BCUT2D eigenvalue weighted by molar-refractivity contribution is 5.88. The first-order valence-electron chi connectivity index (χ1n) is 8.35. The fourth-order valence-corrected chi connectivity index (χ4v) is 3.40. The number of hydrogen-bond acceptors (Lipinski definition) is 5. The van der Waals surface area contributed by atoms with Crippen LogP contribution in [0, 0.1) is 0 Å². The highest BCUT2D eigenvalue weighted by Crippen LogP contribution is 2.44. The molecule has 1 aliphatic heterocycles. The highest BCUT2D eigenvalue weighted by atomic mass is 19.3. The third-order valence-electron chi connectivity index (χ3n) is 5.13. The van der Waals surface area contributed by atoms with Gasteiger partial charge in [-0.2, -0.15) is 8.78 Å². The number of halogens is 2. The number of β-amino-alcohol motifs (C(OH)–C–C–N with tert-alkyl or cyclic N) is 1. The van der Waals surface area contributed by atoms with Crippen molar-refractivity contribution < 1.29 is 23.8 Å². The maximum absolute atomic E-state index is 14.3. The Labute approximate surface area is 148 Å². The molecule has 0 bridgehead atoms. The molecule has 26 heavy (non-hydrogen) atoms. The first kappa shape index (κ1) is 16.8. The monoisotopic (exact) mass is 361 g/mol. The van der Waals surface area contributed by atoms with Gasteiger partial charge in [0.05, 0.1) is 23.4 Å². The fourth-order valence-electron chi connectivity index (χ4n) is 3.40. The largest absolute Gasteiger partial charge is 0.478 e. The van der Waals surface area contributed by atoms with E-state index < -0.39 is 18.0 Å². The van der Waals surface area contributed by atoms with E-state index in [1.807, 2.05) is 0 Å². The third kappa shape index (κ3) is 2.52. The standard InChI is InChI=1S/C18H17F2N3O3/c1-9-13(24)8-23(9)17-21-14(10-2-4-11(5-3-10)16(25)26)12-6-7-18(19,20)15(12)22-17/h2-5,9,13,24H,6-8H2,1H3,(H,25,26)/t9-,13+/m0/s1. The van der Waals surface area contributed by atoms with Crippen LogP contribution in [0.1, 0.15) is 35.0 Å². The fraction of sp³-hybridized carbons (Fsp3) is 0.389. The molecule has 0 radical (unpaired) electrons. The molecule has 2 atom stereocenters. The van der Waals surface area contributed by atoms with Crippen LogP contribution in [0.3, 0.4) is 0 Å². The van der Waals surface area contributed by atoms with Crippen molar-refractivity contribution in [3.63, 3.8) is 0 Å². The summed E-state index contributed by atoms with van der Waals surface area (Å²) in [5, 5.41) is 18.7. The molecule has 1 aliphatic carbocycles. The summed E-state index contributed by atoms with van der Waals surface area (Å²) in [6.07, 6.45) is -0.694. The predicted molar refractivity (Wildman–Crippen MR) is 89.5 cm³/mol. The summed E-state index contributed by atoms with van der Waals surface area (Å²) in [6, 6.07) is 5.75. The van der Waals surface area contributed by atoms with Crippen molar-refractivity contribution in [2.75, 3.05) is 11.4 Å². The van der Waals surface area contributed by atoms with E-state index in [0.29, 0.717) is 23.4 Å². The molecule has 1 saturated heterocycles. The number of carbonyl (C=O) groups is 1. The van der Waals surface area contributed by atoms with Gasteiger partial charge in [-0.15, -0.1) is 0 Å². The maximum atomic E-state index is 14.3. The van der Waals surface area contributed by atoms with Gasteiger partial charge in [-0.3, -0.25) is 0 Å². The van der Waals surface area contributed by atoms with Crippen LogP contribution in [0.2, 0.25) is 0 Å². The van der Waals surface area contributed by atoms with Gasteiger partial charge in [-0.05, 0) is 25.5 Å². The third-order valence-corrected chi connectivity index (χ3v) is 5.13. The van der Waals surface area contributed by atoms with E-state index >= 15 is 0 Å². The molecule has 0 amide bonds. The van der Waals surface area contributed by atoms with E-state index in [4.69, 9.17) is 5.11 Å². The van der Waals surface area contributed by atoms with E-state index in [1.54, 1.807) is 24.0 Å². The predicted octanol–water partition coefficient (Wildman–Crippen LogP) is 2.45. The summed E-state index contributed by atoms with van der Waals surface area (Å²) in [5.41, 5.74) is 1.21. The van der Waals surface area contributed by atoms with Crippen molar-refractivity contribution in [2.24, 2.45) is 0 Å². The lowest BCUT2D eigenvalue weighted by Gasteiger charge is -2.43. The summed E-state index contributed by atoms with van der Waals surface area (Å²) in [4.78, 5) is 21.3. The summed E-state index contributed by atoms with van der Waals surface area (Å²) in [6.45, 7) is 2.08. The molecule has 1 aromatic carbocycles. The Bertz CT molecular complexity index is 886. The first-order chi connectivity index (χ1) is 12.3. The molecule has 2 heterocycles. The van der Waals surface area contributed by atoms with Gasteiger partial charge in [-0.1, -0.05) is 12.1 Å². The number of carboxylic acids is 1. The van der Waals surface area contributed by atoms with Gasteiger partial charge in [0.1, 0.15) is 5.69 Å². The van der Waals surface area contributed by atoms with Crippen LogP contribution in [-0.4, -0.2) is 44.8 Å². The number of carboxylic acid groups (broad SMARTS) is 1. The number of hydrogen-bond donors (Lipinski definition) is 2. The number of rotatable bonds is 3. The first-order valence-corrected chi connectivity index (χ1v) is 8.35. The number of aliphatic hydroxyl groups is 1. The van der Waals surface area contributed by atoms with Gasteiger partial charge in [-0.25, -0.2) is 14.8 Å². The molecule has 2 aromatic rings. The van der Waals surface area contributed by atoms with Crippen LogP contribution in [0.25, 0.3) is 11.3 Å². The Balaban J connectivity index is 1.83. The lowest BCUT2D eigenvalue weighted by molar-refractivity contribution is -0.00604. The Kier molecular flexibility index (Phi) is 3.69. The van der Waals surface area contributed by atoms with Gasteiger partial charge in [0.25, 0.3) is 5.92 Å². The van der Waals surface area contributed by atoms with Gasteiger partial charge < -0.3 is 15.1 Å². The molecule has 2 N–H and O–H groups in total. The molecular weight excluding hydrogens is 344 g/mol. The number of aliphatic hydroxyl groups excluding tert-OH is 1. The molecule has 1 aromatic heterocycles. The summed E-state index contributed by atoms with van der Waals surface area (Å²) in [5.74, 6) is -3.91. The van der Waals surface area contributed by atoms with Crippen molar-refractivity contribution in [1.29, 1.82) is 0 Å². The molecule has 8 heteroatoms. The summed E-state index contributed by atoms with van der Waals surface area (Å²) in [7, 11) is 0. The SMILES string of the molecule is C[C@H]1[C@H](O)CN1c1nc(-c2ccc(C(=O)O)cc2)c2c(n1)C(F)(F)CC2. The van der Waals surface area contributed by atoms with Gasteiger partial charge in [0.2, 0.25) is 5.95 Å². The Hall–Kier alpha value is -2.61. The zero-order valence-electron chi connectivity index (χ0n) is 14.0. The second kappa shape index (κ2) is 5.70. The molecule has 136 valence electrons. The van der Waals surface area contributed by atoms with Crippen LogP contribution in [0.5, 0.6) is 0 Å². The smallest absolute Gasteiger partial charge is 0.335 e. The molecule has 1 fully saturated rings. The zero-order chi connectivity index (χ0) is 18.6. The van der Waals surface area contributed by atoms with Gasteiger partial charge >= 0.3 is 5.97 Å². The lowest BCUT2D eigenvalue weighted by atomic mass is 10.0. The average Bonchev–Trinajstić information content (AvgIpc) is 2.93. The van der Waals surface area contributed by atoms with Gasteiger partial charge in [0, 0.05) is 24.1 Å². The molecule has 0 saturated carbocycles. The van der Waals surface area contributed by atoms with Crippen molar-refractivity contribution in [3.8, 4) is 11.3 Å². The van der Waals surface area contributed by atoms with E-state index in [1.165, 1.54) is 12.1 Å². The van der Waals surface area contributed by atoms with E-state index in [9.17, 15) is 18.7 Å². The number of benzene rings is 1. The topological polar surface area (TPSA) is 86.5 Å². The van der Waals surface area contributed by atoms with Crippen LogP contribution >= 0.6 is 0 Å². The highest BCUT2D eigenvalue weighted by Gasteiger charge is 2.45. The zero-order valence-corrected chi connectivity index (χ0v) is 14.0. The van der Waals surface area contributed by atoms with Crippen LogP contribution < -0.4 is 4.90 Å². The lowest BCUT2D eigenvalue weighted by Crippen LogP contribution is -2.59. The molecule has 4 rings (SSSR count). The van der Waals surface area contributed by atoms with Crippen molar-refractivity contribution in [1.82, 2.24) is 9.97 Å². The maximum Gasteiger partial charge on any atom is 0.335 e. The van der Waals surface area contributed by atoms with Crippen LogP contribution in [-0.2, 0) is 12.3 Å². The molecular formula is C18H17F2N3O3. The van der Waals surface area contributed by atoms with Gasteiger partial charge in [0.15, 0.2) is 0 Å². The summed E-state index contributed by atoms with van der Waals surface area (Å²) >= 11 is 0. The van der Waals surface area contributed by atoms with E-state index in [-0.39, 0.29) is 36.1 Å². The molecule has 0 unspecified atom stereocenters. The van der Waals surface area contributed by atoms with Crippen LogP contribution in [0.15, 0.2) is 24.3 Å². The normalized spacial score (nSPS) is 23.5. The van der Waals surface area contributed by atoms with Crippen molar-refractivity contribution in [2.45, 2.75) is 37.8 Å². The minimum atomic E-state index is -3.02. The quantitative estimate of drug-likeness (QED) is 0.873. The van der Waals surface area contributed by atoms with E-state index in [0.717, 1.165) is 0 Å². The Morgan fingerprint density at radius 3 is 2.54 bits per heavy atom. The number of alkyl halides is 2. The number of anilines is 1. The minimum Gasteiger partial charge on any atom is -0.478 e. The average molecular weight is 361 g/mol. The Morgan fingerprint density at radius 2 is 1.96 bits per heavy atom.